The number of pyridine rings is 1. The predicted octanol–water partition coefficient (Wildman–Crippen LogP) is 3.46. The first-order chi connectivity index (χ1) is 8.83. The molecule has 1 aromatic carbocycles. The number of nitrogens with zero attached hydrogens (tertiary/aromatic N) is 1. The number of hydrogen-bond donors (Lipinski definition) is 0. The molecule has 0 bridgehead atoms. The van der Waals surface area contributed by atoms with Crippen LogP contribution in [0.15, 0.2) is 36.7 Å². The van der Waals surface area contributed by atoms with Gasteiger partial charge in [-0.1, -0.05) is 18.2 Å². The lowest BCUT2D eigenvalue weighted by Crippen LogP contribution is -2.13. The van der Waals surface area contributed by atoms with Crippen molar-refractivity contribution >= 4 is 16.6 Å². The molecule has 2 heteroatoms. The van der Waals surface area contributed by atoms with Crippen LogP contribution in [-0.4, -0.2) is 10.8 Å². The van der Waals surface area contributed by atoms with Gasteiger partial charge in [0.25, 0.3) is 0 Å². The molecule has 0 N–H and O–H groups in total. The van der Waals surface area contributed by atoms with Crippen LogP contribution in [0.3, 0.4) is 0 Å². The quantitative estimate of drug-likeness (QED) is 0.749. The molecule has 2 aliphatic rings. The first-order valence-corrected chi connectivity index (χ1v) is 6.70. The molecule has 1 heterocycles. The maximum absolute atomic E-state index is 12.6. The highest BCUT2D eigenvalue weighted by atomic mass is 16.1. The van der Waals surface area contributed by atoms with Crippen LogP contribution >= 0.6 is 0 Å². The van der Waals surface area contributed by atoms with Crippen molar-refractivity contribution in [3.8, 4) is 0 Å². The Kier molecular flexibility index (Phi) is 2.07. The number of ketones is 1. The largest absolute Gasteiger partial charge is 0.294 e. The number of carbonyl (C=O) groups excluding carboxylic acids is 1. The second kappa shape index (κ2) is 3.64. The molecular formula is C16H15NO. The van der Waals surface area contributed by atoms with Gasteiger partial charge in [0.1, 0.15) is 0 Å². The van der Waals surface area contributed by atoms with Crippen molar-refractivity contribution in [3.63, 3.8) is 0 Å². The molecule has 2 nitrogen and oxygen atoms in total. The third-order valence-electron chi connectivity index (χ3n) is 4.56. The number of hydrogen-bond acceptors (Lipinski definition) is 2. The van der Waals surface area contributed by atoms with E-state index in [0.29, 0.717) is 5.78 Å². The van der Waals surface area contributed by atoms with Gasteiger partial charge in [0, 0.05) is 29.3 Å². The first-order valence-electron chi connectivity index (χ1n) is 6.70. The van der Waals surface area contributed by atoms with Crippen LogP contribution in [0.25, 0.3) is 10.8 Å². The van der Waals surface area contributed by atoms with Crippen LogP contribution in [-0.2, 0) is 0 Å². The molecule has 2 aliphatic carbocycles. The minimum absolute atomic E-state index is 0.271. The summed E-state index contributed by atoms with van der Waals surface area (Å²) in [6.45, 7) is 0. The molecule has 1 aromatic heterocycles. The minimum Gasteiger partial charge on any atom is -0.294 e. The molecule has 2 atom stereocenters. The van der Waals surface area contributed by atoms with Crippen LogP contribution in [0.5, 0.6) is 0 Å². The zero-order chi connectivity index (χ0) is 12.1. The fourth-order valence-corrected chi connectivity index (χ4v) is 3.49. The zero-order valence-corrected chi connectivity index (χ0v) is 10.2. The van der Waals surface area contributed by atoms with Crippen molar-refractivity contribution in [1.82, 2.24) is 4.98 Å². The first kappa shape index (κ1) is 10.2. The summed E-state index contributed by atoms with van der Waals surface area (Å²) in [5, 5.41) is 2.12. The van der Waals surface area contributed by atoms with E-state index in [1.165, 1.54) is 6.42 Å². The fourth-order valence-electron chi connectivity index (χ4n) is 3.49. The number of fused-ring (bicyclic) bond motifs is 2. The Bertz CT molecular complexity index is 619. The van der Waals surface area contributed by atoms with Crippen molar-refractivity contribution in [2.24, 2.45) is 17.8 Å². The van der Waals surface area contributed by atoms with Crippen LogP contribution in [0.1, 0.15) is 29.6 Å². The Morgan fingerprint density at radius 3 is 2.78 bits per heavy atom. The number of aromatic nitrogens is 1. The molecule has 2 saturated carbocycles. The van der Waals surface area contributed by atoms with Crippen LogP contribution in [0.4, 0.5) is 0 Å². The molecule has 18 heavy (non-hydrogen) atoms. The topological polar surface area (TPSA) is 30.0 Å². The second-order valence-electron chi connectivity index (χ2n) is 5.69. The Morgan fingerprint density at radius 1 is 1.11 bits per heavy atom. The van der Waals surface area contributed by atoms with Crippen molar-refractivity contribution < 1.29 is 4.79 Å². The molecule has 2 aromatic rings. The van der Waals surface area contributed by atoms with Gasteiger partial charge in [-0.15, -0.1) is 0 Å². The SMILES string of the molecule is O=C(c1cccc2cnccc12)C1CC2CC2C1. The van der Waals surface area contributed by atoms with Gasteiger partial charge in [0.05, 0.1) is 0 Å². The Hall–Kier alpha value is -1.70. The van der Waals surface area contributed by atoms with Crippen LogP contribution < -0.4 is 0 Å². The van der Waals surface area contributed by atoms with Crippen molar-refractivity contribution in [1.29, 1.82) is 0 Å². The zero-order valence-electron chi connectivity index (χ0n) is 10.2. The van der Waals surface area contributed by atoms with Crippen molar-refractivity contribution in [2.75, 3.05) is 0 Å². The van der Waals surface area contributed by atoms with Crippen molar-refractivity contribution in [3.05, 3.63) is 42.2 Å². The van der Waals surface area contributed by atoms with Crippen LogP contribution in [0, 0.1) is 17.8 Å². The van der Waals surface area contributed by atoms with E-state index < -0.39 is 0 Å². The summed E-state index contributed by atoms with van der Waals surface area (Å²) >= 11 is 0. The van der Waals surface area contributed by atoms with Gasteiger partial charge in [0.15, 0.2) is 5.78 Å². The summed E-state index contributed by atoms with van der Waals surface area (Å²) in [6.07, 6.45) is 7.20. The summed E-state index contributed by atoms with van der Waals surface area (Å²) in [7, 11) is 0. The smallest absolute Gasteiger partial charge is 0.166 e. The van der Waals surface area contributed by atoms with E-state index in [1.54, 1.807) is 6.20 Å². The highest BCUT2D eigenvalue weighted by Gasteiger charge is 2.48. The highest BCUT2D eigenvalue weighted by molar-refractivity contribution is 6.09. The van der Waals surface area contributed by atoms with E-state index in [9.17, 15) is 4.79 Å². The summed E-state index contributed by atoms with van der Waals surface area (Å²) < 4.78 is 0. The number of benzene rings is 1. The van der Waals surface area contributed by atoms with Gasteiger partial charge >= 0.3 is 0 Å². The molecule has 4 rings (SSSR count). The van der Waals surface area contributed by atoms with E-state index >= 15 is 0 Å². The van der Waals surface area contributed by atoms with Gasteiger partial charge in [-0.25, -0.2) is 0 Å². The molecule has 0 saturated heterocycles. The third-order valence-corrected chi connectivity index (χ3v) is 4.56. The summed E-state index contributed by atoms with van der Waals surface area (Å²) in [5.74, 6) is 2.33. The standard InChI is InChI=1S/C16H15NO/c18-16(13-7-11-6-12(11)8-13)15-3-1-2-10-9-17-5-4-14(10)15/h1-5,9,11-13H,6-8H2. The van der Waals surface area contributed by atoms with E-state index in [1.807, 2.05) is 30.5 Å². The van der Waals surface area contributed by atoms with E-state index in [-0.39, 0.29) is 5.92 Å². The molecule has 0 spiro atoms. The number of rotatable bonds is 2. The average Bonchev–Trinajstić information content (AvgIpc) is 3.04. The predicted molar refractivity (Wildman–Crippen MR) is 70.4 cm³/mol. The minimum atomic E-state index is 0.271. The van der Waals surface area contributed by atoms with Gasteiger partial charge < -0.3 is 0 Å². The van der Waals surface area contributed by atoms with Gasteiger partial charge in [-0.2, -0.15) is 0 Å². The normalized spacial score (nSPS) is 29.2. The molecular weight excluding hydrogens is 222 g/mol. The summed E-state index contributed by atoms with van der Waals surface area (Å²) in [5.41, 5.74) is 0.890. The lowest BCUT2D eigenvalue weighted by molar-refractivity contribution is 0.0916. The Morgan fingerprint density at radius 2 is 1.94 bits per heavy atom. The molecule has 90 valence electrons. The average molecular weight is 237 g/mol. The molecule has 0 amide bonds. The summed E-state index contributed by atoms with van der Waals surface area (Å²) in [6, 6.07) is 7.91. The van der Waals surface area contributed by atoms with Crippen LogP contribution in [0.2, 0.25) is 0 Å². The third kappa shape index (κ3) is 1.48. The molecule has 2 unspecified atom stereocenters. The Labute approximate surface area is 106 Å². The van der Waals surface area contributed by atoms with Gasteiger partial charge in [0.2, 0.25) is 0 Å². The maximum atomic E-state index is 12.6. The highest BCUT2D eigenvalue weighted by Crippen LogP contribution is 2.55. The number of Topliss-reactive ketones (excluding diaryl/α,β-unsaturated/α-hetero) is 1. The molecule has 2 fully saturated rings. The van der Waals surface area contributed by atoms with Gasteiger partial charge in [-0.05, 0) is 42.6 Å². The van der Waals surface area contributed by atoms with Crippen molar-refractivity contribution in [2.45, 2.75) is 19.3 Å². The number of carbonyl (C=O) groups is 1. The Balaban J connectivity index is 1.75. The van der Waals surface area contributed by atoms with Gasteiger partial charge in [-0.3, -0.25) is 9.78 Å². The molecule has 0 aliphatic heterocycles. The second-order valence-corrected chi connectivity index (χ2v) is 5.69. The lowest BCUT2D eigenvalue weighted by atomic mass is 9.91. The lowest BCUT2D eigenvalue weighted by Gasteiger charge is -2.12. The summed E-state index contributed by atoms with van der Waals surface area (Å²) in [4.78, 5) is 16.7. The molecule has 0 radical (unpaired) electrons. The fraction of sp³-hybridized carbons (Fsp3) is 0.375. The maximum Gasteiger partial charge on any atom is 0.166 e. The monoisotopic (exact) mass is 237 g/mol. The van der Waals surface area contributed by atoms with E-state index in [0.717, 1.165) is 41.0 Å². The van der Waals surface area contributed by atoms with E-state index in [2.05, 4.69) is 4.98 Å². The van der Waals surface area contributed by atoms with E-state index in [4.69, 9.17) is 0 Å².